The Morgan fingerprint density at radius 1 is 0.980 bits per heavy atom. The number of aliphatic hydroxyl groups excluding tert-OH is 4. The summed E-state index contributed by atoms with van der Waals surface area (Å²) in [4.78, 5) is 47.5. The van der Waals surface area contributed by atoms with Crippen molar-refractivity contribution >= 4 is 50.3 Å². The minimum atomic E-state index is -5.66. The number of nitrogen functional groups attached to an aromatic ring is 1. The third-order valence-electron chi connectivity index (χ3n) is 7.76. The molecule has 51 heavy (non-hydrogen) atoms. The third-order valence-corrected chi connectivity index (χ3v) is 11.3. The first-order chi connectivity index (χ1) is 24.1. The number of pyridine rings is 1. The Morgan fingerprint density at radius 2 is 1.67 bits per heavy atom. The lowest BCUT2D eigenvalue weighted by Crippen LogP contribution is -2.46. The molecule has 10 atom stereocenters. The van der Waals surface area contributed by atoms with E-state index in [9.17, 15) is 44.1 Å². The van der Waals surface area contributed by atoms with Crippen LogP contribution in [-0.4, -0.2) is 101 Å². The molecule has 6 rings (SSSR count). The number of rotatable bonds is 13. The van der Waals surface area contributed by atoms with Crippen LogP contribution in [0.3, 0.4) is 0 Å². The molecule has 9 N–H and O–H groups in total. The van der Waals surface area contributed by atoms with Gasteiger partial charge in [-0.15, -0.1) is 0 Å². The summed E-state index contributed by atoms with van der Waals surface area (Å²) >= 11 is 1.16. The quantitative estimate of drug-likeness (QED) is 0.0601. The lowest BCUT2D eigenvalue weighted by Gasteiger charge is -2.26. The number of nitrogens with zero attached hydrogens (tertiary/aromatic N) is 5. The number of aliphatic hydroxyl groups is 4. The fourth-order valence-corrected chi connectivity index (χ4v) is 8.28. The zero-order valence-corrected chi connectivity index (χ0v) is 28.5. The van der Waals surface area contributed by atoms with Crippen molar-refractivity contribution in [2.24, 2.45) is 5.73 Å². The molecule has 2 fully saturated rings. The van der Waals surface area contributed by atoms with Crippen molar-refractivity contribution in [1.29, 1.82) is 0 Å². The normalized spacial score (nSPS) is 28.8. The Labute approximate surface area is 291 Å². The summed E-state index contributed by atoms with van der Waals surface area (Å²) in [6.45, 7) is -1.92. The van der Waals surface area contributed by atoms with Crippen molar-refractivity contribution in [3.05, 3.63) is 66.7 Å². The van der Waals surface area contributed by atoms with E-state index in [1.807, 2.05) is 6.07 Å². The van der Waals surface area contributed by atoms with Gasteiger partial charge in [0.1, 0.15) is 42.4 Å². The molecular weight excluding hydrogens is 740 g/mol. The van der Waals surface area contributed by atoms with Gasteiger partial charge in [0.25, 0.3) is 20.0 Å². The maximum atomic E-state index is 12.6. The van der Waals surface area contributed by atoms with Gasteiger partial charge in [-0.05, 0) is 18.2 Å². The number of aromatic nitrogens is 5. The summed E-state index contributed by atoms with van der Waals surface area (Å²) in [7, 11) is -11.2. The molecule has 2 saturated heterocycles. The number of imidazole rings is 1. The first-order valence-electron chi connectivity index (χ1n) is 14.8. The van der Waals surface area contributed by atoms with Crippen LogP contribution < -0.4 is 20.9 Å². The van der Waals surface area contributed by atoms with Crippen LogP contribution in [0.2, 0.25) is 0 Å². The van der Waals surface area contributed by atoms with E-state index in [0.717, 1.165) is 23.0 Å². The van der Waals surface area contributed by atoms with E-state index < -0.39 is 83.8 Å². The molecule has 5 heterocycles. The molecule has 2 aliphatic heterocycles. The van der Waals surface area contributed by atoms with Crippen LogP contribution in [0.15, 0.2) is 71.2 Å². The van der Waals surface area contributed by atoms with Crippen molar-refractivity contribution in [3.63, 3.8) is 0 Å². The minimum absolute atomic E-state index is 0.0306. The van der Waals surface area contributed by atoms with Crippen LogP contribution in [0.25, 0.3) is 11.2 Å². The molecule has 0 radical (unpaired) electrons. The van der Waals surface area contributed by atoms with Crippen LogP contribution >= 0.6 is 27.4 Å². The molecule has 0 bridgehead atoms. The highest BCUT2D eigenvalue weighted by Gasteiger charge is 2.49. The summed E-state index contributed by atoms with van der Waals surface area (Å²) in [5.74, 6) is -0.745. The first kappa shape index (κ1) is 37.3. The average molecular weight is 772 g/mol. The van der Waals surface area contributed by atoms with Crippen LogP contribution in [-0.2, 0) is 32.0 Å². The van der Waals surface area contributed by atoms with Gasteiger partial charge in [0.2, 0.25) is 0 Å². The number of phosphoric acid groups is 2. The van der Waals surface area contributed by atoms with Crippen molar-refractivity contribution in [2.45, 2.75) is 59.1 Å². The Hall–Kier alpha value is -3.44. The van der Waals surface area contributed by atoms with Crippen LogP contribution in [0.4, 0.5) is 5.82 Å². The largest absolute Gasteiger partial charge is 0.756 e. The fourth-order valence-electron chi connectivity index (χ4n) is 5.30. The molecule has 21 nitrogen and oxygen atoms in total. The fraction of sp³-hybridized carbons (Fsp3) is 0.370. The zero-order valence-electron chi connectivity index (χ0n) is 25.9. The van der Waals surface area contributed by atoms with E-state index in [1.54, 1.807) is 24.3 Å². The van der Waals surface area contributed by atoms with Crippen LogP contribution in [0.5, 0.6) is 0 Å². The molecule has 0 spiro atoms. The highest BCUT2D eigenvalue weighted by molar-refractivity contribution is 7.99. The lowest BCUT2D eigenvalue weighted by atomic mass is 10.1. The summed E-state index contributed by atoms with van der Waals surface area (Å²) in [6.07, 6.45) is -8.54. The van der Waals surface area contributed by atoms with Gasteiger partial charge in [0.15, 0.2) is 46.9 Å². The molecular formula is C27H31N7O14P2S. The predicted molar refractivity (Wildman–Crippen MR) is 168 cm³/mol. The molecule has 0 aliphatic carbocycles. The van der Waals surface area contributed by atoms with Crippen molar-refractivity contribution < 1.29 is 71.5 Å². The number of ether oxygens (including phenoxy) is 2. The molecule has 4 aromatic rings. The number of hydrogen-bond acceptors (Lipinski definition) is 18. The average Bonchev–Trinajstić information content (AvgIpc) is 3.69. The predicted octanol–water partition coefficient (Wildman–Crippen LogP) is -1.50. The standard InChI is InChI=1S/C27H31N7O14P2S/c28-22-17-24(31-12-30-22)34(27(32-17)51-14-6-2-1-3-7-14)26-21(38)19(36)16(47-26)11-45-50(42,43)48-49(40,41)44-10-15-18(35)20(37)25(46-15)33-8-4-5-13(9-33)23(29)39/h1-9,12,15-16,18-21,25-26,35-38H,10-11H2,(H5-,28,29,30,31,39,40,41,42,43)/t15-,16-,18-,19-,20-,21-,25-,26-/m1/s1. The Morgan fingerprint density at radius 3 is 2.39 bits per heavy atom. The number of nitrogens with two attached hydrogens (primary N) is 2. The minimum Gasteiger partial charge on any atom is -0.756 e. The Kier molecular flexibility index (Phi) is 10.9. The zero-order chi connectivity index (χ0) is 36.7. The Bertz CT molecular complexity index is 2000. The van der Waals surface area contributed by atoms with Gasteiger partial charge in [-0.1, -0.05) is 30.0 Å². The summed E-state index contributed by atoms with van der Waals surface area (Å²) in [5, 5.41) is 42.8. The third kappa shape index (κ3) is 8.14. The van der Waals surface area contributed by atoms with Gasteiger partial charge in [-0.3, -0.25) is 18.5 Å². The topological polar surface area (TPSA) is 321 Å². The maximum absolute atomic E-state index is 12.6. The SMILES string of the molecule is NC(=O)c1ccc[n+]([C@@H]2O[C@H](COP(=O)([O-])OP(=O)(O)OC[C@H]3O[C@@H](n4c(Sc5ccccc5)nc5c(N)ncnc54)[C@H](O)[C@@H]3O)[C@@H](O)[C@H]2O)c1. The lowest BCUT2D eigenvalue weighted by molar-refractivity contribution is -0.765. The van der Waals surface area contributed by atoms with Gasteiger partial charge in [0.05, 0.1) is 13.2 Å². The van der Waals surface area contributed by atoms with E-state index in [4.69, 9.17) is 25.5 Å². The maximum Gasteiger partial charge on any atom is 0.478 e. The van der Waals surface area contributed by atoms with Gasteiger partial charge in [0, 0.05) is 11.0 Å². The number of carbonyl (C=O) groups excluding carboxylic acids is 1. The molecule has 24 heteroatoms. The number of anilines is 1. The molecule has 3 aromatic heterocycles. The van der Waals surface area contributed by atoms with E-state index in [1.165, 1.54) is 33.7 Å². The monoisotopic (exact) mass is 771 g/mol. The van der Waals surface area contributed by atoms with Crippen molar-refractivity contribution in [2.75, 3.05) is 18.9 Å². The van der Waals surface area contributed by atoms with Crippen molar-refractivity contribution in [3.8, 4) is 0 Å². The van der Waals surface area contributed by atoms with E-state index in [0.29, 0.717) is 0 Å². The molecule has 2 aliphatic rings. The highest BCUT2D eigenvalue weighted by atomic mass is 32.2. The molecule has 274 valence electrons. The second kappa shape index (κ2) is 14.9. The number of amides is 1. The van der Waals surface area contributed by atoms with Crippen LogP contribution in [0.1, 0.15) is 22.8 Å². The first-order valence-corrected chi connectivity index (χ1v) is 18.6. The molecule has 0 saturated carbocycles. The highest BCUT2D eigenvalue weighted by Crippen LogP contribution is 2.58. The molecule has 2 unspecified atom stereocenters. The number of benzene rings is 1. The number of carbonyl (C=O) groups is 1. The van der Waals surface area contributed by atoms with Crippen LogP contribution in [0, 0.1) is 0 Å². The summed E-state index contributed by atoms with van der Waals surface area (Å²) < 4.78 is 52.7. The Balaban J connectivity index is 1.08. The number of phosphoric ester groups is 2. The van der Waals surface area contributed by atoms with Crippen molar-refractivity contribution in [1.82, 2.24) is 19.5 Å². The van der Waals surface area contributed by atoms with Gasteiger partial charge < -0.3 is 55.7 Å². The van der Waals surface area contributed by atoms with Gasteiger partial charge in [-0.25, -0.2) is 23.8 Å². The second-order valence-electron chi connectivity index (χ2n) is 11.2. The van der Waals surface area contributed by atoms with Gasteiger partial charge in [-0.2, -0.15) is 4.57 Å². The number of hydrogen-bond donors (Lipinski definition) is 7. The number of fused-ring (bicyclic) bond motifs is 1. The molecule has 1 amide bonds. The second-order valence-corrected chi connectivity index (χ2v) is 15.2. The van der Waals surface area contributed by atoms with Gasteiger partial charge >= 0.3 is 7.82 Å². The smallest absolute Gasteiger partial charge is 0.478 e. The summed E-state index contributed by atoms with van der Waals surface area (Å²) in [6, 6.07) is 11.8. The van der Waals surface area contributed by atoms with E-state index >= 15 is 0 Å². The van der Waals surface area contributed by atoms with E-state index in [2.05, 4.69) is 23.8 Å². The summed E-state index contributed by atoms with van der Waals surface area (Å²) in [5.41, 5.74) is 11.6. The van der Waals surface area contributed by atoms with E-state index in [-0.39, 0.29) is 27.7 Å². The number of primary amides is 1. The molecule has 1 aromatic carbocycles.